The van der Waals surface area contributed by atoms with E-state index >= 15 is 0 Å². The summed E-state index contributed by atoms with van der Waals surface area (Å²) in [6.07, 6.45) is 6.56. The van der Waals surface area contributed by atoms with Gasteiger partial charge in [0.25, 0.3) is 0 Å². The van der Waals surface area contributed by atoms with E-state index in [1.165, 1.54) is 10.4 Å². The van der Waals surface area contributed by atoms with Crippen molar-refractivity contribution in [1.29, 1.82) is 0 Å². The van der Waals surface area contributed by atoms with Gasteiger partial charge in [-0.1, -0.05) is 0 Å². The number of methoxy groups -OCH3 is 1. The average Bonchev–Trinajstić information content (AvgIpc) is 3.25. The zero-order valence-corrected chi connectivity index (χ0v) is 17.0. The van der Waals surface area contributed by atoms with Crippen molar-refractivity contribution < 1.29 is 9.47 Å². The van der Waals surface area contributed by atoms with Crippen LogP contribution >= 0.6 is 0 Å². The topological polar surface area (TPSA) is 30.8 Å². The minimum absolute atomic E-state index is 0.110. The Hall–Kier alpha value is -0.831. The van der Waals surface area contributed by atoms with Crippen molar-refractivity contribution in [3.05, 3.63) is 65.9 Å². The van der Waals surface area contributed by atoms with Crippen LogP contribution in [0.25, 0.3) is 0 Å². The van der Waals surface area contributed by atoms with Gasteiger partial charge in [-0.2, -0.15) is 0 Å². The number of benzene rings is 1. The molecule has 1 aliphatic heterocycles. The minimum atomic E-state index is 0.110. The van der Waals surface area contributed by atoms with Crippen LogP contribution in [-0.4, -0.2) is 40.6 Å². The van der Waals surface area contributed by atoms with Gasteiger partial charge in [0.2, 0.25) is 0 Å². The zero-order chi connectivity index (χ0) is 17.8. The van der Waals surface area contributed by atoms with Gasteiger partial charge in [-0.25, -0.2) is 0 Å². The van der Waals surface area contributed by atoms with Crippen molar-refractivity contribution in [3.63, 3.8) is 0 Å². The second kappa shape index (κ2) is 8.70. The van der Waals surface area contributed by atoms with Gasteiger partial charge in [-0.05, 0) is 0 Å². The van der Waals surface area contributed by atoms with E-state index in [-0.39, 0.29) is 27.1 Å². The molecule has 133 valence electrons. The van der Waals surface area contributed by atoms with Crippen molar-refractivity contribution in [2.75, 3.05) is 13.7 Å². The molecular weight excluding hydrogens is 377 g/mol. The molecule has 1 saturated carbocycles. The summed E-state index contributed by atoms with van der Waals surface area (Å²) in [5.41, 5.74) is 1.24. The summed E-state index contributed by atoms with van der Waals surface area (Å²) in [5.74, 6) is 2.50. The molecule has 2 aliphatic rings. The number of ether oxygens (including phenoxy) is 2. The molecule has 0 bridgehead atoms. The van der Waals surface area contributed by atoms with Crippen molar-refractivity contribution >= 4 is 20.9 Å². The molecule has 1 fully saturated rings. The molecular formula is C21H26NO2Se. The van der Waals surface area contributed by atoms with Gasteiger partial charge in [0.05, 0.1) is 0 Å². The molecule has 0 saturated heterocycles. The molecule has 0 aromatic heterocycles. The average molecular weight is 403 g/mol. The third-order valence-electron chi connectivity index (χ3n) is 4.57. The van der Waals surface area contributed by atoms with E-state index in [2.05, 4.69) is 64.3 Å². The first kappa shape index (κ1) is 18.9. The molecule has 1 aromatic rings. The predicted molar refractivity (Wildman–Crippen MR) is 103 cm³/mol. The Morgan fingerprint density at radius 2 is 1.92 bits per heavy atom. The van der Waals surface area contributed by atoms with E-state index in [0.29, 0.717) is 17.3 Å². The molecule has 0 N–H and O–H groups in total. The fourth-order valence-electron chi connectivity index (χ4n) is 3.06. The van der Waals surface area contributed by atoms with Gasteiger partial charge in [0, 0.05) is 0 Å². The summed E-state index contributed by atoms with van der Waals surface area (Å²) in [6, 6.07) is 10.7. The quantitative estimate of drug-likeness (QED) is 0.643. The summed E-state index contributed by atoms with van der Waals surface area (Å²) in [7, 11) is 1.80. The van der Waals surface area contributed by atoms with Gasteiger partial charge in [-0.15, -0.1) is 0 Å². The first-order valence-corrected chi connectivity index (χ1v) is 10.7. The number of hydrogen-bond acceptors (Lipinski definition) is 3. The Kier molecular flexibility index (Phi) is 6.60. The second-order valence-electron chi connectivity index (χ2n) is 6.75. The van der Waals surface area contributed by atoms with Crippen LogP contribution < -0.4 is 0 Å². The molecule has 2 unspecified atom stereocenters. The summed E-state index contributed by atoms with van der Waals surface area (Å²) >= 11 is 0.275. The Labute approximate surface area is 158 Å². The summed E-state index contributed by atoms with van der Waals surface area (Å²) < 4.78 is 11.7. The maximum absolute atomic E-state index is 5.89. The number of hydrogen-bond donors (Lipinski definition) is 0. The zero-order valence-electron chi connectivity index (χ0n) is 15.3. The Balaban J connectivity index is 1.66. The Bertz CT molecular complexity index is 575. The fraction of sp³-hybridized carbons (Fsp3) is 0.429. The molecule has 0 amide bonds. The van der Waals surface area contributed by atoms with Crippen molar-refractivity contribution in [3.8, 4) is 0 Å². The van der Waals surface area contributed by atoms with E-state index in [1.54, 1.807) is 7.11 Å². The molecule has 3 rings (SSSR count). The van der Waals surface area contributed by atoms with Crippen LogP contribution in [0, 0.1) is 35.9 Å². The van der Waals surface area contributed by atoms with Gasteiger partial charge in [0.1, 0.15) is 0 Å². The normalized spacial score (nSPS) is 24.4. The van der Waals surface area contributed by atoms with E-state index < -0.39 is 0 Å². The van der Waals surface area contributed by atoms with Crippen LogP contribution in [0.2, 0.25) is 4.82 Å². The third kappa shape index (κ3) is 4.47. The van der Waals surface area contributed by atoms with Gasteiger partial charge in [-0.3, -0.25) is 0 Å². The number of aliphatic imine (C=N–C) groups is 1. The first-order chi connectivity index (χ1) is 12.1. The maximum atomic E-state index is 5.89. The molecule has 25 heavy (non-hydrogen) atoms. The fourth-order valence-corrected chi connectivity index (χ4v) is 5.65. The van der Waals surface area contributed by atoms with Crippen LogP contribution in [0.3, 0.4) is 0 Å². The number of nitrogens with zero attached hydrogens (tertiary/aromatic N) is 1. The predicted octanol–water partition coefficient (Wildman–Crippen LogP) is 4.07. The van der Waals surface area contributed by atoms with Gasteiger partial charge < -0.3 is 0 Å². The van der Waals surface area contributed by atoms with Crippen molar-refractivity contribution in [1.82, 2.24) is 0 Å². The van der Waals surface area contributed by atoms with Crippen molar-refractivity contribution in [2.45, 2.75) is 37.7 Å². The van der Waals surface area contributed by atoms with E-state index in [9.17, 15) is 0 Å². The molecule has 1 heterocycles. The van der Waals surface area contributed by atoms with Gasteiger partial charge in [0.15, 0.2) is 0 Å². The first-order valence-electron chi connectivity index (χ1n) is 8.81. The summed E-state index contributed by atoms with van der Waals surface area (Å²) in [4.78, 5) is 6.56. The van der Waals surface area contributed by atoms with Crippen LogP contribution in [-0.2, 0) is 9.47 Å². The Morgan fingerprint density at radius 1 is 1.16 bits per heavy atom. The standard InChI is InChI=1S/C21H26NO2Se/c1-14(2)18-13-24-21(22-18)17-11-8-12-19(17)25-15(3)20(23-4)16-9-6-5-7-10-16/h5-12,14-15,18,20H,13H2,1-4H3/t15?,18-,20?/m1/s1. The van der Waals surface area contributed by atoms with E-state index in [4.69, 9.17) is 14.5 Å². The summed E-state index contributed by atoms with van der Waals surface area (Å²) in [6.45, 7) is 7.36. The molecule has 1 aliphatic carbocycles. The summed E-state index contributed by atoms with van der Waals surface area (Å²) in [5, 5.41) is 0. The molecule has 3 atom stereocenters. The van der Waals surface area contributed by atoms with Crippen LogP contribution in [0.4, 0.5) is 0 Å². The van der Waals surface area contributed by atoms with Crippen LogP contribution in [0.15, 0.2) is 35.3 Å². The van der Waals surface area contributed by atoms with Gasteiger partial charge >= 0.3 is 159 Å². The monoisotopic (exact) mass is 404 g/mol. The van der Waals surface area contributed by atoms with E-state index in [1.807, 2.05) is 6.07 Å². The van der Waals surface area contributed by atoms with Crippen molar-refractivity contribution in [2.24, 2.45) is 10.9 Å². The molecule has 4 heteroatoms. The molecule has 0 spiro atoms. The van der Waals surface area contributed by atoms with E-state index in [0.717, 1.165) is 11.8 Å². The number of rotatable bonds is 7. The second-order valence-corrected chi connectivity index (χ2v) is 9.73. The third-order valence-corrected chi connectivity index (χ3v) is 7.15. The Morgan fingerprint density at radius 3 is 2.56 bits per heavy atom. The SMILES string of the molecule is COC(c1ccccc1)C(C)[Se][C]1[CH][CH][CH][C]1C1=N[C@@H](C(C)C)CO1. The van der Waals surface area contributed by atoms with Crippen LogP contribution in [0.5, 0.6) is 0 Å². The molecule has 5 radical (unpaired) electrons. The molecule has 1 aromatic carbocycles. The van der Waals surface area contributed by atoms with Crippen LogP contribution in [0.1, 0.15) is 32.4 Å². The molecule has 3 nitrogen and oxygen atoms in total.